The van der Waals surface area contributed by atoms with Crippen molar-refractivity contribution in [2.45, 2.75) is 11.8 Å². The van der Waals surface area contributed by atoms with Gasteiger partial charge in [0, 0.05) is 30.4 Å². The van der Waals surface area contributed by atoms with Crippen LogP contribution in [-0.4, -0.2) is 24.1 Å². The molecule has 2 heterocycles. The zero-order valence-corrected chi connectivity index (χ0v) is 17.1. The minimum Gasteiger partial charge on any atom is -0.497 e. The van der Waals surface area contributed by atoms with Gasteiger partial charge in [0.25, 0.3) is 15.6 Å². The molecule has 29 heavy (non-hydrogen) atoms. The van der Waals surface area contributed by atoms with E-state index in [1.807, 2.05) is 31.2 Å². The van der Waals surface area contributed by atoms with E-state index >= 15 is 0 Å². The number of methoxy groups -OCH3 is 1. The van der Waals surface area contributed by atoms with Crippen LogP contribution in [0.2, 0.25) is 0 Å². The van der Waals surface area contributed by atoms with E-state index < -0.39 is 10.0 Å². The van der Waals surface area contributed by atoms with Crippen LogP contribution in [0.1, 0.15) is 5.56 Å². The number of hydrogen-bond acceptors (Lipinski definition) is 4. The van der Waals surface area contributed by atoms with E-state index in [2.05, 4.69) is 0 Å². The maximum Gasteiger partial charge on any atom is 0.275 e. The van der Waals surface area contributed by atoms with Crippen LogP contribution >= 0.6 is 0 Å². The molecule has 0 radical (unpaired) electrons. The fourth-order valence-corrected chi connectivity index (χ4v) is 4.70. The lowest BCUT2D eigenvalue weighted by atomic mass is 10.0. The van der Waals surface area contributed by atoms with E-state index in [4.69, 9.17) is 4.74 Å². The summed E-state index contributed by atoms with van der Waals surface area (Å²) in [6, 6.07) is 15.6. The summed E-state index contributed by atoms with van der Waals surface area (Å²) in [5.41, 5.74) is 2.33. The number of pyridine rings is 1. The minimum absolute atomic E-state index is 0.126. The van der Waals surface area contributed by atoms with Crippen molar-refractivity contribution in [3.63, 3.8) is 0 Å². The molecule has 0 bridgehead atoms. The highest BCUT2D eigenvalue weighted by Crippen LogP contribution is 2.30. The third kappa shape index (κ3) is 3.13. The molecule has 0 atom stereocenters. The van der Waals surface area contributed by atoms with Gasteiger partial charge in [0.2, 0.25) is 0 Å². The molecule has 0 aliphatic heterocycles. The number of benzene rings is 2. The number of fused-ring (bicyclic) bond motifs is 1. The third-order valence-electron chi connectivity index (χ3n) is 4.97. The average molecular weight is 408 g/mol. The Bertz CT molecular complexity index is 1360. The van der Waals surface area contributed by atoms with Gasteiger partial charge < -0.3 is 9.30 Å². The topological polar surface area (TPSA) is 70.3 Å². The summed E-state index contributed by atoms with van der Waals surface area (Å²) < 4.78 is 34.1. The van der Waals surface area contributed by atoms with E-state index in [1.165, 1.54) is 10.8 Å². The van der Waals surface area contributed by atoms with Gasteiger partial charge in [-0.25, -0.2) is 12.4 Å². The molecule has 0 aliphatic carbocycles. The Morgan fingerprint density at radius 2 is 1.59 bits per heavy atom. The average Bonchev–Trinajstić information content (AvgIpc) is 3.17. The second-order valence-corrected chi connectivity index (χ2v) is 8.69. The van der Waals surface area contributed by atoms with E-state index in [0.717, 1.165) is 20.7 Å². The lowest BCUT2D eigenvalue weighted by Gasteiger charge is -2.11. The highest BCUT2D eigenvalue weighted by Gasteiger charge is 2.22. The molecule has 0 saturated carbocycles. The summed E-state index contributed by atoms with van der Waals surface area (Å²) in [4.78, 5) is 13.0. The molecule has 0 aliphatic rings. The van der Waals surface area contributed by atoms with E-state index in [9.17, 15) is 13.2 Å². The van der Waals surface area contributed by atoms with E-state index in [1.54, 1.807) is 50.7 Å². The number of aryl methyl sites for hydroxylation is 2. The summed E-state index contributed by atoms with van der Waals surface area (Å²) in [6.45, 7) is 1.89. The first-order valence-electron chi connectivity index (χ1n) is 9.00. The Morgan fingerprint density at radius 1 is 0.931 bits per heavy atom. The Morgan fingerprint density at radius 3 is 2.21 bits per heavy atom. The monoisotopic (exact) mass is 408 g/mol. The molecule has 4 rings (SSSR count). The second kappa shape index (κ2) is 6.93. The summed E-state index contributed by atoms with van der Waals surface area (Å²) in [7, 11) is -0.696. The maximum absolute atomic E-state index is 13.2. The van der Waals surface area contributed by atoms with Gasteiger partial charge in [0.1, 0.15) is 11.3 Å². The Labute approximate surface area is 168 Å². The van der Waals surface area contributed by atoms with Gasteiger partial charge in [-0.3, -0.25) is 4.79 Å². The van der Waals surface area contributed by atoms with E-state index in [0.29, 0.717) is 11.1 Å². The molecule has 0 spiro atoms. The first-order chi connectivity index (χ1) is 13.8. The Hall–Kier alpha value is -3.32. The highest BCUT2D eigenvalue weighted by molar-refractivity contribution is 7.90. The molecule has 0 unspecified atom stereocenters. The standard InChI is InChI=1S/C22H20N2O4S/c1-15-4-10-18(11-5-15)29(26,27)24-13-12-19-20(14-23(2)22(25)21(19)24)16-6-8-17(28-3)9-7-16/h4-14H,1-3H3. The molecule has 2 aromatic heterocycles. The number of aromatic nitrogens is 2. The number of ether oxygens (including phenoxy) is 1. The van der Waals surface area contributed by atoms with Crippen molar-refractivity contribution in [1.29, 1.82) is 0 Å². The largest absolute Gasteiger partial charge is 0.497 e. The molecule has 7 heteroatoms. The third-order valence-corrected chi connectivity index (χ3v) is 6.66. The summed E-state index contributed by atoms with van der Waals surface area (Å²) in [5.74, 6) is 0.717. The van der Waals surface area contributed by atoms with Crippen molar-refractivity contribution in [3.05, 3.63) is 82.9 Å². The zero-order valence-electron chi connectivity index (χ0n) is 16.3. The van der Waals surface area contributed by atoms with Gasteiger partial charge in [0.15, 0.2) is 0 Å². The molecular weight excluding hydrogens is 388 g/mol. The molecule has 0 N–H and O–H groups in total. The van der Waals surface area contributed by atoms with Crippen molar-refractivity contribution >= 4 is 20.9 Å². The molecule has 148 valence electrons. The van der Waals surface area contributed by atoms with Gasteiger partial charge >= 0.3 is 0 Å². The molecular formula is C22H20N2O4S. The quantitative estimate of drug-likeness (QED) is 0.518. The summed E-state index contributed by atoms with van der Waals surface area (Å²) in [6.07, 6.45) is 3.16. The second-order valence-electron chi connectivity index (χ2n) is 6.88. The van der Waals surface area contributed by atoms with Crippen molar-refractivity contribution in [1.82, 2.24) is 8.54 Å². The number of rotatable bonds is 4. The molecule has 4 aromatic rings. The number of hydrogen-bond donors (Lipinski definition) is 0. The first-order valence-corrected chi connectivity index (χ1v) is 10.4. The smallest absolute Gasteiger partial charge is 0.275 e. The lowest BCUT2D eigenvalue weighted by molar-refractivity contribution is 0.415. The molecule has 6 nitrogen and oxygen atoms in total. The lowest BCUT2D eigenvalue weighted by Crippen LogP contribution is -2.22. The molecule has 0 fully saturated rings. The molecule has 0 amide bonds. The van der Waals surface area contributed by atoms with E-state index in [-0.39, 0.29) is 16.0 Å². The van der Waals surface area contributed by atoms with Crippen molar-refractivity contribution < 1.29 is 13.2 Å². The summed E-state index contributed by atoms with van der Waals surface area (Å²) >= 11 is 0. The SMILES string of the molecule is COc1ccc(-c2cn(C)c(=O)c3c2ccn3S(=O)(=O)c2ccc(C)cc2)cc1. The van der Waals surface area contributed by atoms with Crippen LogP contribution in [0.3, 0.4) is 0 Å². The van der Waals surface area contributed by atoms with Crippen molar-refractivity contribution in [2.24, 2.45) is 7.05 Å². The van der Waals surface area contributed by atoms with Gasteiger partial charge in [-0.15, -0.1) is 0 Å². The first kappa shape index (κ1) is 19.0. The fraction of sp³-hybridized carbons (Fsp3) is 0.136. The maximum atomic E-state index is 13.2. The van der Waals surface area contributed by atoms with Crippen LogP contribution in [0, 0.1) is 6.92 Å². The van der Waals surface area contributed by atoms with Crippen molar-refractivity contribution in [2.75, 3.05) is 7.11 Å². The van der Waals surface area contributed by atoms with Crippen LogP contribution < -0.4 is 10.3 Å². The van der Waals surface area contributed by atoms with Crippen LogP contribution in [0.4, 0.5) is 0 Å². The van der Waals surface area contributed by atoms with Crippen LogP contribution in [0.25, 0.3) is 22.0 Å². The predicted molar refractivity (Wildman–Crippen MR) is 113 cm³/mol. The van der Waals surface area contributed by atoms with Crippen molar-refractivity contribution in [3.8, 4) is 16.9 Å². The van der Waals surface area contributed by atoms with Crippen LogP contribution in [-0.2, 0) is 17.1 Å². The van der Waals surface area contributed by atoms with Gasteiger partial charge in [-0.1, -0.05) is 29.8 Å². The molecule has 2 aromatic carbocycles. The number of nitrogens with zero attached hydrogens (tertiary/aromatic N) is 2. The summed E-state index contributed by atoms with van der Waals surface area (Å²) in [5, 5.41) is 0.578. The van der Waals surface area contributed by atoms with Gasteiger partial charge in [-0.05, 0) is 42.8 Å². The van der Waals surface area contributed by atoms with Crippen LogP contribution in [0.5, 0.6) is 5.75 Å². The zero-order chi connectivity index (χ0) is 20.8. The Balaban J connectivity index is 1.98. The normalized spacial score (nSPS) is 11.7. The molecule has 0 saturated heterocycles. The fourth-order valence-electron chi connectivity index (χ4n) is 3.35. The highest BCUT2D eigenvalue weighted by atomic mass is 32.2. The van der Waals surface area contributed by atoms with Crippen LogP contribution in [0.15, 0.2) is 76.7 Å². The minimum atomic E-state index is -3.90. The predicted octanol–water partition coefficient (Wildman–Crippen LogP) is 3.56. The van der Waals surface area contributed by atoms with Gasteiger partial charge in [0.05, 0.1) is 12.0 Å². The van der Waals surface area contributed by atoms with Gasteiger partial charge in [-0.2, -0.15) is 0 Å². The Kier molecular flexibility index (Phi) is 4.55.